The number of rotatable bonds is 2. The van der Waals surface area contributed by atoms with Crippen LogP contribution in [0.2, 0.25) is 5.02 Å². The maximum atomic E-state index is 12.6. The Morgan fingerprint density at radius 1 is 1.39 bits per heavy atom. The molecule has 1 fully saturated rings. The molecule has 2 atom stereocenters. The van der Waals surface area contributed by atoms with E-state index in [9.17, 15) is 4.79 Å². The molecule has 1 aliphatic heterocycles. The average molecular weight is 377 g/mol. The van der Waals surface area contributed by atoms with Crippen LogP contribution in [-0.4, -0.2) is 29.5 Å². The highest BCUT2D eigenvalue weighted by atomic mass is 35.5. The zero-order chi connectivity index (χ0) is 14.8. The number of hydrogen-bond donors (Lipinski definition) is 2. The van der Waals surface area contributed by atoms with Gasteiger partial charge in [-0.1, -0.05) is 17.7 Å². The summed E-state index contributed by atoms with van der Waals surface area (Å²) >= 11 is 6.12. The normalized spacial score (nSPS) is 20.3. The van der Waals surface area contributed by atoms with Crippen LogP contribution in [0.5, 0.6) is 0 Å². The first-order chi connectivity index (χ1) is 10.1. The molecule has 2 aromatic rings. The molecule has 7 heteroatoms. The number of fused-ring (bicyclic) bond motifs is 1. The molecule has 0 saturated carbocycles. The molecule has 1 aliphatic rings. The fourth-order valence-electron chi connectivity index (χ4n) is 2.82. The molecular weight excluding hydrogens is 357 g/mol. The van der Waals surface area contributed by atoms with Crippen molar-refractivity contribution in [1.29, 1.82) is 0 Å². The Labute approximate surface area is 153 Å². The van der Waals surface area contributed by atoms with Crippen molar-refractivity contribution in [3.05, 3.63) is 41.0 Å². The van der Waals surface area contributed by atoms with Gasteiger partial charge in [0.2, 0.25) is 0 Å². The van der Waals surface area contributed by atoms with Gasteiger partial charge in [0, 0.05) is 28.7 Å². The molecule has 0 bridgehead atoms. The third-order valence-electron chi connectivity index (χ3n) is 3.99. The van der Waals surface area contributed by atoms with E-state index in [0.717, 1.165) is 24.8 Å². The average Bonchev–Trinajstić information content (AvgIpc) is 2.48. The topological polar surface area (TPSA) is 54.0 Å². The standard InChI is InChI=1S/C16H18ClN3O.2ClH/c1-10-14(5-3-6-18-10)20-16(21)13-9-12(17)8-11-4-2-7-19-15(11)13;;/h2,4,7-10,14,18H,3,5-6H2,1H3,(H,20,21);2*1H. The number of piperidine rings is 1. The van der Waals surface area contributed by atoms with Crippen molar-refractivity contribution in [1.82, 2.24) is 15.6 Å². The van der Waals surface area contributed by atoms with E-state index in [1.807, 2.05) is 18.2 Å². The van der Waals surface area contributed by atoms with Crippen molar-refractivity contribution in [3.63, 3.8) is 0 Å². The van der Waals surface area contributed by atoms with Gasteiger partial charge in [-0.3, -0.25) is 9.78 Å². The molecule has 1 aromatic carbocycles. The zero-order valence-corrected chi connectivity index (χ0v) is 15.1. The van der Waals surface area contributed by atoms with E-state index >= 15 is 0 Å². The second kappa shape index (κ2) is 8.69. The number of amides is 1. The summed E-state index contributed by atoms with van der Waals surface area (Å²) < 4.78 is 0. The molecular formula is C16H20Cl3N3O. The summed E-state index contributed by atoms with van der Waals surface area (Å²) in [7, 11) is 0. The number of nitrogens with zero attached hydrogens (tertiary/aromatic N) is 1. The van der Waals surface area contributed by atoms with Gasteiger partial charge in [0.15, 0.2) is 0 Å². The van der Waals surface area contributed by atoms with E-state index in [2.05, 4.69) is 22.5 Å². The van der Waals surface area contributed by atoms with Crippen LogP contribution in [0.15, 0.2) is 30.5 Å². The summed E-state index contributed by atoms with van der Waals surface area (Å²) in [5.41, 5.74) is 1.23. The van der Waals surface area contributed by atoms with E-state index in [1.54, 1.807) is 12.3 Å². The first-order valence-corrected chi connectivity index (χ1v) is 7.61. The van der Waals surface area contributed by atoms with E-state index < -0.39 is 0 Å². The Morgan fingerprint density at radius 2 is 2.17 bits per heavy atom. The lowest BCUT2D eigenvalue weighted by molar-refractivity contribution is 0.0921. The van der Waals surface area contributed by atoms with Crippen LogP contribution in [-0.2, 0) is 0 Å². The first kappa shape index (κ1) is 20.0. The highest BCUT2D eigenvalue weighted by Crippen LogP contribution is 2.22. The van der Waals surface area contributed by atoms with Gasteiger partial charge < -0.3 is 10.6 Å². The monoisotopic (exact) mass is 375 g/mol. The predicted molar refractivity (Wildman–Crippen MR) is 99.2 cm³/mol. The maximum absolute atomic E-state index is 12.6. The summed E-state index contributed by atoms with van der Waals surface area (Å²) in [6, 6.07) is 7.69. The summed E-state index contributed by atoms with van der Waals surface area (Å²) in [5, 5.41) is 7.92. The molecule has 2 heterocycles. The summed E-state index contributed by atoms with van der Waals surface area (Å²) in [4.78, 5) is 16.9. The van der Waals surface area contributed by atoms with Crippen molar-refractivity contribution in [2.45, 2.75) is 31.8 Å². The fourth-order valence-corrected chi connectivity index (χ4v) is 3.04. The quantitative estimate of drug-likeness (QED) is 0.842. The van der Waals surface area contributed by atoms with Gasteiger partial charge in [-0.15, -0.1) is 24.8 Å². The third-order valence-corrected chi connectivity index (χ3v) is 4.21. The van der Waals surface area contributed by atoms with Crippen LogP contribution in [0.3, 0.4) is 0 Å². The smallest absolute Gasteiger partial charge is 0.253 e. The maximum Gasteiger partial charge on any atom is 0.253 e. The SMILES string of the molecule is CC1NCCCC1NC(=O)c1cc(Cl)cc2cccnc12.Cl.Cl. The summed E-state index contributed by atoms with van der Waals surface area (Å²) in [6.07, 6.45) is 3.76. The van der Waals surface area contributed by atoms with Gasteiger partial charge in [-0.25, -0.2) is 0 Å². The molecule has 0 spiro atoms. The van der Waals surface area contributed by atoms with Crippen LogP contribution in [0.25, 0.3) is 10.9 Å². The molecule has 2 N–H and O–H groups in total. The van der Waals surface area contributed by atoms with Gasteiger partial charge in [-0.05, 0) is 44.5 Å². The van der Waals surface area contributed by atoms with Crippen molar-refractivity contribution in [2.75, 3.05) is 6.54 Å². The number of nitrogens with one attached hydrogen (secondary N) is 2. The lowest BCUT2D eigenvalue weighted by atomic mass is 9.99. The highest BCUT2D eigenvalue weighted by Gasteiger charge is 2.23. The van der Waals surface area contributed by atoms with Crippen molar-refractivity contribution in [3.8, 4) is 0 Å². The van der Waals surface area contributed by atoms with Gasteiger partial charge >= 0.3 is 0 Å². The van der Waals surface area contributed by atoms with Gasteiger partial charge in [-0.2, -0.15) is 0 Å². The molecule has 3 rings (SSSR count). The molecule has 126 valence electrons. The van der Waals surface area contributed by atoms with Gasteiger partial charge in [0.1, 0.15) is 0 Å². The molecule has 1 aromatic heterocycles. The predicted octanol–water partition coefficient (Wildman–Crippen LogP) is 3.60. The second-order valence-corrected chi connectivity index (χ2v) is 5.93. The van der Waals surface area contributed by atoms with Crippen LogP contribution in [0.4, 0.5) is 0 Å². The van der Waals surface area contributed by atoms with Crippen molar-refractivity contribution in [2.24, 2.45) is 0 Å². The second-order valence-electron chi connectivity index (χ2n) is 5.49. The molecule has 0 radical (unpaired) electrons. The van der Waals surface area contributed by atoms with Crippen LogP contribution >= 0.6 is 36.4 Å². The number of halogens is 3. The minimum Gasteiger partial charge on any atom is -0.348 e. The van der Waals surface area contributed by atoms with Crippen LogP contribution < -0.4 is 10.6 Å². The van der Waals surface area contributed by atoms with E-state index in [4.69, 9.17) is 11.6 Å². The lowest BCUT2D eigenvalue weighted by Crippen LogP contribution is -2.51. The van der Waals surface area contributed by atoms with Gasteiger partial charge in [0.25, 0.3) is 5.91 Å². The Morgan fingerprint density at radius 3 is 2.91 bits per heavy atom. The lowest BCUT2D eigenvalue weighted by Gasteiger charge is -2.30. The minimum absolute atomic E-state index is 0. The molecule has 1 saturated heterocycles. The fraction of sp³-hybridized carbons (Fsp3) is 0.375. The van der Waals surface area contributed by atoms with E-state index in [0.29, 0.717) is 16.1 Å². The Kier molecular flexibility index (Phi) is 7.55. The van der Waals surface area contributed by atoms with Crippen molar-refractivity contribution >= 4 is 53.2 Å². The van der Waals surface area contributed by atoms with Crippen molar-refractivity contribution < 1.29 is 4.79 Å². The number of benzene rings is 1. The number of carbonyl (C=O) groups is 1. The largest absolute Gasteiger partial charge is 0.348 e. The molecule has 1 amide bonds. The number of hydrogen-bond acceptors (Lipinski definition) is 3. The number of carbonyl (C=O) groups excluding carboxylic acids is 1. The highest BCUT2D eigenvalue weighted by molar-refractivity contribution is 6.32. The third kappa shape index (κ3) is 4.48. The van der Waals surface area contributed by atoms with Crippen LogP contribution in [0.1, 0.15) is 30.1 Å². The summed E-state index contributed by atoms with van der Waals surface area (Å²) in [6.45, 7) is 3.10. The number of pyridine rings is 1. The molecule has 23 heavy (non-hydrogen) atoms. The molecule has 2 unspecified atom stereocenters. The summed E-state index contributed by atoms with van der Waals surface area (Å²) in [5.74, 6) is -0.109. The Balaban J connectivity index is 0.00000132. The van der Waals surface area contributed by atoms with Crippen LogP contribution in [0, 0.1) is 0 Å². The van der Waals surface area contributed by atoms with E-state index in [-0.39, 0.29) is 42.8 Å². The molecule has 0 aliphatic carbocycles. The Hall–Kier alpha value is -1.07. The number of aromatic nitrogens is 1. The Bertz CT molecular complexity index is 681. The first-order valence-electron chi connectivity index (χ1n) is 7.23. The van der Waals surface area contributed by atoms with Gasteiger partial charge in [0.05, 0.1) is 11.1 Å². The minimum atomic E-state index is -0.109. The molecule has 4 nitrogen and oxygen atoms in total. The zero-order valence-electron chi connectivity index (χ0n) is 12.7. The van der Waals surface area contributed by atoms with E-state index in [1.165, 1.54) is 0 Å².